The lowest BCUT2D eigenvalue weighted by Crippen LogP contribution is -2.34. The molecule has 2 unspecified atom stereocenters. The summed E-state index contributed by atoms with van der Waals surface area (Å²) in [6.45, 7) is 4.76. The van der Waals surface area contributed by atoms with E-state index in [1.54, 1.807) is 0 Å². The van der Waals surface area contributed by atoms with E-state index >= 15 is 0 Å². The van der Waals surface area contributed by atoms with Crippen LogP contribution >= 0.6 is 15.9 Å². The number of carbonyl (C=O) groups is 1. The summed E-state index contributed by atoms with van der Waals surface area (Å²) in [7, 11) is 0. The fraction of sp³-hybridized carbons (Fsp3) is 0.667. The third kappa shape index (κ3) is 3.85. The maximum Gasteiger partial charge on any atom is 0.267 e. The molecule has 1 aromatic heterocycles. The fourth-order valence-corrected chi connectivity index (χ4v) is 3.27. The predicted octanol–water partition coefficient (Wildman–Crippen LogP) is 3.11. The second-order valence-corrected chi connectivity index (χ2v) is 6.86. The molecule has 1 aromatic rings. The van der Waals surface area contributed by atoms with Crippen molar-refractivity contribution in [2.24, 2.45) is 5.92 Å². The van der Waals surface area contributed by atoms with E-state index in [1.807, 2.05) is 16.8 Å². The van der Waals surface area contributed by atoms with Crippen LogP contribution in [0.1, 0.15) is 56.1 Å². The van der Waals surface area contributed by atoms with Gasteiger partial charge in [-0.05, 0) is 61.0 Å². The molecule has 1 heterocycles. The van der Waals surface area contributed by atoms with Gasteiger partial charge in [0.15, 0.2) is 0 Å². The normalized spacial score (nSPS) is 23.1. The maximum absolute atomic E-state index is 12.3. The molecule has 0 radical (unpaired) electrons. The second-order valence-electron chi connectivity index (χ2n) is 5.94. The van der Waals surface area contributed by atoms with Crippen LogP contribution in [0.25, 0.3) is 0 Å². The van der Waals surface area contributed by atoms with Crippen LogP contribution < -0.4 is 5.32 Å². The third-order valence-corrected chi connectivity index (χ3v) is 4.34. The smallest absolute Gasteiger partial charge is 0.267 e. The zero-order valence-corrected chi connectivity index (χ0v) is 13.7. The van der Waals surface area contributed by atoms with Crippen LogP contribution in [0.3, 0.4) is 0 Å². The van der Waals surface area contributed by atoms with Crippen molar-refractivity contribution < 1.29 is 9.90 Å². The molecule has 1 amide bonds. The van der Waals surface area contributed by atoms with Gasteiger partial charge in [0, 0.05) is 23.3 Å². The highest BCUT2D eigenvalue weighted by Crippen LogP contribution is 2.24. The number of aliphatic hydroxyl groups excluding tert-OH is 1. The summed E-state index contributed by atoms with van der Waals surface area (Å²) in [5.41, 5.74) is 0.684. The molecule has 1 fully saturated rings. The van der Waals surface area contributed by atoms with Crippen molar-refractivity contribution >= 4 is 21.8 Å². The number of hydrogen-bond acceptors (Lipinski definition) is 2. The minimum Gasteiger partial charge on any atom is -0.393 e. The first-order valence-corrected chi connectivity index (χ1v) is 8.10. The number of hydrogen-bond donors (Lipinski definition) is 2. The molecule has 0 aliphatic heterocycles. The van der Waals surface area contributed by atoms with Gasteiger partial charge in [-0.25, -0.2) is 0 Å². The molecule has 2 atom stereocenters. The Kier molecular flexibility index (Phi) is 5.27. The van der Waals surface area contributed by atoms with Crippen molar-refractivity contribution in [1.29, 1.82) is 0 Å². The van der Waals surface area contributed by atoms with Crippen LogP contribution in [-0.4, -0.2) is 28.2 Å². The summed E-state index contributed by atoms with van der Waals surface area (Å²) in [4.78, 5) is 12.3. The summed E-state index contributed by atoms with van der Waals surface area (Å²) in [5.74, 6) is 0.359. The minimum atomic E-state index is -0.195. The Morgan fingerprint density at radius 1 is 1.55 bits per heavy atom. The first kappa shape index (κ1) is 15.6. The van der Waals surface area contributed by atoms with Gasteiger partial charge < -0.3 is 15.0 Å². The summed E-state index contributed by atoms with van der Waals surface area (Å²) in [5, 5.41) is 12.7. The molecule has 20 heavy (non-hydrogen) atoms. The maximum atomic E-state index is 12.3. The van der Waals surface area contributed by atoms with E-state index in [-0.39, 0.29) is 18.1 Å². The summed E-state index contributed by atoms with van der Waals surface area (Å²) < 4.78 is 2.89. The monoisotopic (exact) mass is 342 g/mol. The van der Waals surface area contributed by atoms with Gasteiger partial charge in [0.2, 0.25) is 0 Å². The molecule has 2 rings (SSSR count). The molecule has 112 valence electrons. The lowest BCUT2D eigenvalue weighted by molar-refractivity contribution is 0.0866. The van der Waals surface area contributed by atoms with Gasteiger partial charge in [-0.3, -0.25) is 4.79 Å². The van der Waals surface area contributed by atoms with Crippen molar-refractivity contribution in [2.75, 3.05) is 6.54 Å². The van der Waals surface area contributed by atoms with Crippen LogP contribution in [0.5, 0.6) is 0 Å². The molecule has 4 nitrogen and oxygen atoms in total. The van der Waals surface area contributed by atoms with Crippen LogP contribution in [-0.2, 0) is 0 Å². The SMILES string of the molecule is CC(C)n1cc(Br)cc1C(=O)NCC1CCCC(O)C1. The highest BCUT2D eigenvalue weighted by Gasteiger charge is 2.21. The van der Waals surface area contributed by atoms with Gasteiger partial charge >= 0.3 is 0 Å². The second kappa shape index (κ2) is 6.76. The Hall–Kier alpha value is -0.810. The van der Waals surface area contributed by atoms with E-state index in [9.17, 15) is 9.90 Å². The molecular formula is C15H23BrN2O2. The molecule has 1 aliphatic rings. The highest BCUT2D eigenvalue weighted by molar-refractivity contribution is 9.10. The number of halogens is 1. The van der Waals surface area contributed by atoms with Gasteiger partial charge in [-0.2, -0.15) is 0 Å². The molecule has 5 heteroatoms. The van der Waals surface area contributed by atoms with E-state index in [1.165, 1.54) is 0 Å². The van der Waals surface area contributed by atoms with Gasteiger partial charge in [-0.1, -0.05) is 6.42 Å². The predicted molar refractivity (Wildman–Crippen MR) is 82.8 cm³/mol. The Bertz CT molecular complexity index is 470. The van der Waals surface area contributed by atoms with E-state index in [2.05, 4.69) is 35.1 Å². The largest absolute Gasteiger partial charge is 0.393 e. The van der Waals surface area contributed by atoms with E-state index in [0.717, 1.165) is 30.2 Å². The first-order chi connectivity index (χ1) is 9.47. The van der Waals surface area contributed by atoms with Gasteiger partial charge in [0.25, 0.3) is 5.91 Å². The van der Waals surface area contributed by atoms with Crippen molar-refractivity contribution in [3.05, 3.63) is 22.4 Å². The van der Waals surface area contributed by atoms with E-state index < -0.39 is 0 Å². The number of amides is 1. The van der Waals surface area contributed by atoms with Crippen molar-refractivity contribution in [3.63, 3.8) is 0 Å². The molecule has 2 N–H and O–H groups in total. The Balaban J connectivity index is 1.95. The van der Waals surface area contributed by atoms with Crippen LogP contribution in [0.15, 0.2) is 16.7 Å². The molecular weight excluding hydrogens is 320 g/mol. The average Bonchev–Trinajstić information content (AvgIpc) is 2.78. The number of nitrogens with one attached hydrogen (secondary N) is 1. The number of aliphatic hydroxyl groups is 1. The molecule has 0 spiro atoms. The Morgan fingerprint density at radius 3 is 2.95 bits per heavy atom. The number of aromatic nitrogens is 1. The van der Waals surface area contributed by atoms with Crippen LogP contribution in [0, 0.1) is 5.92 Å². The van der Waals surface area contributed by atoms with Crippen LogP contribution in [0.4, 0.5) is 0 Å². The number of carbonyl (C=O) groups excluding carboxylic acids is 1. The fourth-order valence-electron chi connectivity index (χ4n) is 2.83. The zero-order valence-electron chi connectivity index (χ0n) is 12.1. The summed E-state index contributed by atoms with van der Waals surface area (Å²) >= 11 is 3.42. The molecule has 1 aliphatic carbocycles. The molecule has 0 saturated heterocycles. The minimum absolute atomic E-state index is 0.0375. The third-order valence-electron chi connectivity index (χ3n) is 3.91. The number of rotatable bonds is 4. The summed E-state index contributed by atoms with van der Waals surface area (Å²) in [6, 6.07) is 2.10. The van der Waals surface area contributed by atoms with Crippen molar-refractivity contribution in [2.45, 2.75) is 51.7 Å². The van der Waals surface area contributed by atoms with Gasteiger partial charge in [0.05, 0.1) is 6.10 Å². The van der Waals surface area contributed by atoms with E-state index in [0.29, 0.717) is 18.2 Å². The highest BCUT2D eigenvalue weighted by atomic mass is 79.9. The Morgan fingerprint density at radius 2 is 2.30 bits per heavy atom. The molecule has 1 saturated carbocycles. The van der Waals surface area contributed by atoms with Crippen molar-refractivity contribution in [1.82, 2.24) is 9.88 Å². The lowest BCUT2D eigenvalue weighted by atomic mass is 9.87. The average molecular weight is 343 g/mol. The molecule has 0 aromatic carbocycles. The van der Waals surface area contributed by atoms with E-state index in [4.69, 9.17) is 0 Å². The first-order valence-electron chi connectivity index (χ1n) is 7.31. The lowest BCUT2D eigenvalue weighted by Gasteiger charge is -2.26. The van der Waals surface area contributed by atoms with Gasteiger partial charge in [-0.15, -0.1) is 0 Å². The topological polar surface area (TPSA) is 54.3 Å². The van der Waals surface area contributed by atoms with Crippen LogP contribution in [0.2, 0.25) is 0 Å². The number of nitrogens with zero attached hydrogens (tertiary/aromatic N) is 1. The quantitative estimate of drug-likeness (QED) is 0.883. The van der Waals surface area contributed by atoms with Crippen molar-refractivity contribution in [3.8, 4) is 0 Å². The Labute approximate surface area is 128 Å². The van der Waals surface area contributed by atoms with Gasteiger partial charge in [0.1, 0.15) is 5.69 Å². The summed E-state index contributed by atoms with van der Waals surface area (Å²) in [6.07, 6.45) is 5.58. The standard InChI is InChI=1S/C15H23BrN2O2/c1-10(2)18-9-12(16)7-14(18)15(20)17-8-11-4-3-5-13(19)6-11/h7,9-11,13,19H,3-6,8H2,1-2H3,(H,17,20). The molecule has 0 bridgehead atoms. The zero-order chi connectivity index (χ0) is 14.7.